The average molecular weight is 153 g/mol. The molecule has 0 spiro atoms. The van der Waals surface area contributed by atoms with Gasteiger partial charge in [-0.15, -0.1) is 0 Å². The van der Waals surface area contributed by atoms with E-state index in [0.717, 1.165) is 12.0 Å². The molecule has 0 saturated heterocycles. The molecule has 60 valence electrons. The van der Waals surface area contributed by atoms with E-state index in [1.165, 1.54) is 0 Å². The topological polar surface area (TPSA) is 61.0 Å². The van der Waals surface area contributed by atoms with Gasteiger partial charge < -0.3 is 10.5 Å². The van der Waals surface area contributed by atoms with Crippen molar-refractivity contribution in [3.63, 3.8) is 0 Å². The second-order valence-electron chi connectivity index (χ2n) is 2.19. The molecule has 0 unspecified atom stereocenters. The molecule has 4 nitrogen and oxygen atoms in total. The van der Waals surface area contributed by atoms with Gasteiger partial charge in [0.05, 0.1) is 6.61 Å². The average Bonchev–Trinajstić information content (AvgIpc) is 2.04. The number of anilines is 1. The molecule has 11 heavy (non-hydrogen) atoms. The van der Waals surface area contributed by atoms with Crippen LogP contribution in [0.3, 0.4) is 0 Å². The maximum atomic E-state index is 5.30. The van der Waals surface area contributed by atoms with Gasteiger partial charge in [0, 0.05) is 19.5 Å². The van der Waals surface area contributed by atoms with Crippen LogP contribution in [0.5, 0.6) is 0 Å². The Morgan fingerprint density at radius 2 is 2.09 bits per heavy atom. The summed E-state index contributed by atoms with van der Waals surface area (Å²) in [6.07, 6.45) is 4.25. The summed E-state index contributed by atoms with van der Waals surface area (Å²) < 4.78 is 4.89. The van der Waals surface area contributed by atoms with E-state index in [1.807, 2.05) is 0 Å². The van der Waals surface area contributed by atoms with E-state index in [-0.39, 0.29) is 0 Å². The minimum absolute atomic E-state index is 0.311. The number of nitrogens with two attached hydrogens (primary N) is 1. The maximum Gasteiger partial charge on any atom is 0.219 e. The molecule has 0 aliphatic rings. The van der Waals surface area contributed by atoms with Crippen LogP contribution in [0.4, 0.5) is 5.95 Å². The van der Waals surface area contributed by atoms with Crippen LogP contribution in [0.15, 0.2) is 12.4 Å². The lowest BCUT2D eigenvalue weighted by molar-refractivity contribution is 0.202. The smallest absolute Gasteiger partial charge is 0.219 e. The summed E-state index contributed by atoms with van der Waals surface area (Å²) in [5, 5.41) is 0. The van der Waals surface area contributed by atoms with Crippen LogP contribution in [-0.4, -0.2) is 23.7 Å². The molecule has 2 N–H and O–H groups in total. The summed E-state index contributed by atoms with van der Waals surface area (Å²) in [6.45, 7) is 0.688. The summed E-state index contributed by atoms with van der Waals surface area (Å²) >= 11 is 0. The van der Waals surface area contributed by atoms with E-state index in [0.29, 0.717) is 12.6 Å². The van der Waals surface area contributed by atoms with Gasteiger partial charge in [-0.1, -0.05) is 0 Å². The number of aromatic nitrogens is 2. The molecule has 0 atom stereocenters. The third-order valence-electron chi connectivity index (χ3n) is 1.32. The van der Waals surface area contributed by atoms with Crippen molar-refractivity contribution in [2.45, 2.75) is 6.42 Å². The first-order valence-corrected chi connectivity index (χ1v) is 3.38. The molecule has 0 saturated carbocycles. The van der Waals surface area contributed by atoms with Crippen molar-refractivity contribution in [3.8, 4) is 0 Å². The number of methoxy groups -OCH3 is 1. The Morgan fingerprint density at radius 1 is 1.45 bits per heavy atom. The highest BCUT2D eigenvalue weighted by molar-refractivity contribution is 5.17. The molecule has 0 aliphatic heterocycles. The largest absolute Gasteiger partial charge is 0.384 e. The SMILES string of the molecule is COCCc1cnc(N)nc1. The molecule has 1 heterocycles. The van der Waals surface area contributed by atoms with E-state index in [4.69, 9.17) is 10.5 Å². The molecular weight excluding hydrogens is 142 g/mol. The molecule has 1 rings (SSSR count). The Morgan fingerprint density at radius 3 is 2.64 bits per heavy atom. The minimum atomic E-state index is 0.311. The van der Waals surface area contributed by atoms with Crippen LogP contribution in [0, 0.1) is 0 Å². The number of nitrogen functional groups attached to an aromatic ring is 1. The summed E-state index contributed by atoms with van der Waals surface area (Å²) in [7, 11) is 1.66. The molecule has 0 bridgehead atoms. The normalized spacial score (nSPS) is 9.91. The molecule has 0 fully saturated rings. The summed E-state index contributed by atoms with van der Waals surface area (Å²) in [5.74, 6) is 0.311. The Kier molecular flexibility index (Phi) is 2.80. The Labute approximate surface area is 65.4 Å². The number of ether oxygens (including phenoxy) is 1. The standard InChI is InChI=1S/C7H11N3O/c1-11-3-2-6-4-9-7(8)10-5-6/h4-5H,2-3H2,1H3,(H2,8,9,10). The second-order valence-corrected chi connectivity index (χ2v) is 2.19. The lowest BCUT2D eigenvalue weighted by Gasteiger charge is -1.98. The second kappa shape index (κ2) is 3.88. The van der Waals surface area contributed by atoms with Crippen molar-refractivity contribution in [3.05, 3.63) is 18.0 Å². The molecule has 1 aromatic rings. The van der Waals surface area contributed by atoms with E-state index >= 15 is 0 Å². The van der Waals surface area contributed by atoms with Gasteiger partial charge in [0.2, 0.25) is 5.95 Å². The third kappa shape index (κ3) is 2.51. The van der Waals surface area contributed by atoms with Gasteiger partial charge in [-0.05, 0) is 12.0 Å². The van der Waals surface area contributed by atoms with Gasteiger partial charge in [-0.3, -0.25) is 0 Å². The maximum absolute atomic E-state index is 5.30. The van der Waals surface area contributed by atoms with Gasteiger partial charge in [0.25, 0.3) is 0 Å². The molecular formula is C7H11N3O. The highest BCUT2D eigenvalue weighted by Crippen LogP contribution is 1.97. The summed E-state index contributed by atoms with van der Waals surface area (Å²) in [4.78, 5) is 7.69. The highest BCUT2D eigenvalue weighted by atomic mass is 16.5. The fourth-order valence-corrected chi connectivity index (χ4v) is 0.714. The predicted octanol–water partition coefficient (Wildman–Crippen LogP) is 0.248. The zero-order chi connectivity index (χ0) is 8.10. The van der Waals surface area contributed by atoms with Crippen LogP contribution in [0.25, 0.3) is 0 Å². The number of hydrogen-bond acceptors (Lipinski definition) is 4. The Bertz CT molecular complexity index is 209. The van der Waals surface area contributed by atoms with Crippen molar-refractivity contribution in [2.75, 3.05) is 19.5 Å². The monoisotopic (exact) mass is 153 g/mol. The molecule has 4 heteroatoms. The molecule has 0 radical (unpaired) electrons. The van der Waals surface area contributed by atoms with Crippen molar-refractivity contribution < 1.29 is 4.74 Å². The van der Waals surface area contributed by atoms with E-state index in [2.05, 4.69) is 9.97 Å². The van der Waals surface area contributed by atoms with Crippen LogP contribution in [0.1, 0.15) is 5.56 Å². The zero-order valence-corrected chi connectivity index (χ0v) is 6.45. The van der Waals surface area contributed by atoms with E-state index in [9.17, 15) is 0 Å². The van der Waals surface area contributed by atoms with Crippen molar-refractivity contribution in [1.82, 2.24) is 9.97 Å². The van der Waals surface area contributed by atoms with Gasteiger partial charge in [-0.2, -0.15) is 0 Å². The van der Waals surface area contributed by atoms with Gasteiger partial charge in [-0.25, -0.2) is 9.97 Å². The van der Waals surface area contributed by atoms with Crippen LogP contribution < -0.4 is 5.73 Å². The van der Waals surface area contributed by atoms with Crippen molar-refractivity contribution in [2.24, 2.45) is 0 Å². The minimum Gasteiger partial charge on any atom is -0.384 e. The Balaban J connectivity index is 2.52. The van der Waals surface area contributed by atoms with Crippen molar-refractivity contribution in [1.29, 1.82) is 0 Å². The van der Waals surface area contributed by atoms with Crippen LogP contribution in [-0.2, 0) is 11.2 Å². The zero-order valence-electron chi connectivity index (χ0n) is 6.45. The summed E-state index contributed by atoms with van der Waals surface area (Å²) in [5.41, 5.74) is 6.34. The number of hydrogen-bond donors (Lipinski definition) is 1. The Hall–Kier alpha value is -1.16. The predicted molar refractivity (Wildman–Crippen MR) is 42.0 cm³/mol. The lowest BCUT2D eigenvalue weighted by Crippen LogP contribution is -1.99. The van der Waals surface area contributed by atoms with Crippen LogP contribution in [0.2, 0.25) is 0 Å². The molecule has 1 aromatic heterocycles. The van der Waals surface area contributed by atoms with E-state index in [1.54, 1.807) is 19.5 Å². The quantitative estimate of drug-likeness (QED) is 0.676. The number of nitrogens with zero attached hydrogens (tertiary/aromatic N) is 2. The number of rotatable bonds is 3. The first kappa shape index (κ1) is 7.94. The third-order valence-corrected chi connectivity index (χ3v) is 1.32. The fraction of sp³-hybridized carbons (Fsp3) is 0.429. The van der Waals surface area contributed by atoms with Gasteiger partial charge in [0.15, 0.2) is 0 Å². The first-order chi connectivity index (χ1) is 5.33. The van der Waals surface area contributed by atoms with Crippen molar-refractivity contribution >= 4 is 5.95 Å². The van der Waals surface area contributed by atoms with E-state index < -0.39 is 0 Å². The van der Waals surface area contributed by atoms with Crippen LogP contribution >= 0.6 is 0 Å². The lowest BCUT2D eigenvalue weighted by atomic mass is 10.3. The van der Waals surface area contributed by atoms with Gasteiger partial charge >= 0.3 is 0 Å². The van der Waals surface area contributed by atoms with Gasteiger partial charge in [0.1, 0.15) is 0 Å². The summed E-state index contributed by atoms with van der Waals surface area (Å²) in [6, 6.07) is 0. The fourth-order valence-electron chi connectivity index (χ4n) is 0.714. The highest BCUT2D eigenvalue weighted by Gasteiger charge is 1.92. The molecule has 0 aromatic carbocycles. The first-order valence-electron chi connectivity index (χ1n) is 3.38. The molecule has 0 amide bonds. The molecule has 0 aliphatic carbocycles.